The van der Waals surface area contributed by atoms with Gasteiger partial charge in [-0.2, -0.15) is 5.10 Å². The summed E-state index contributed by atoms with van der Waals surface area (Å²) in [7, 11) is 0. The van der Waals surface area contributed by atoms with E-state index < -0.39 is 35.1 Å². The van der Waals surface area contributed by atoms with Crippen molar-refractivity contribution < 1.29 is 18.4 Å². The van der Waals surface area contributed by atoms with E-state index in [9.17, 15) is 18.4 Å². The third-order valence-corrected chi connectivity index (χ3v) is 4.86. The van der Waals surface area contributed by atoms with Gasteiger partial charge in [0.15, 0.2) is 0 Å². The van der Waals surface area contributed by atoms with Crippen LogP contribution in [0, 0.1) is 17.6 Å². The van der Waals surface area contributed by atoms with Crippen LogP contribution in [0.1, 0.15) is 42.7 Å². The maximum atomic E-state index is 13.9. The molecule has 0 saturated carbocycles. The lowest BCUT2D eigenvalue weighted by Gasteiger charge is -2.24. The molecule has 7 nitrogen and oxygen atoms in total. The number of carbonyl (C=O) groups is 2. The van der Waals surface area contributed by atoms with Crippen LogP contribution in [0.3, 0.4) is 0 Å². The third-order valence-electron chi connectivity index (χ3n) is 4.86. The molecule has 2 N–H and O–H groups in total. The quantitative estimate of drug-likeness (QED) is 0.606. The highest BCUT2D eigenvalue weighted by Gasteiger charge is 2.28. The van der Waals surface area contributed by atoms with E-state index in [2.05, 4.69) is 20.7 Å². The Balaban J connectivity index is 1.69. The van der Waals surface area contributed by atoms with Gasteiger partial charge in [0.2, 0.25) is 5.91 Å². The molecule has 1 aromatic heterocycles. The van der Waals surface area contributed by atoms with Gasteiger partial charge in [-0.3, -0.25) is 9.59 Å². The predicted molar refractivity (Wildman–Crippen MR) is 110 cm³/mol. The Morgan fingerprint density at radius 1 is 0.968 bits per heavy atom. The van der Waals surface area contributed by atoms with E-state index in [4.69, 9.17) is 0 Å². The smallest absolute Gasteiger partial charge is 0.257 e. The molecular formula is C22H23F2N5O2. The molecule has 0 spiro atoms. The van der Waals surface area contributed by atoms with Crippen LogP contribution in [0.5, 0.6) is 0 Å². The molecule has 0 aliphatic rings. The van der Waals surface area contributed by atoms with E-state index in [1.807, 2.05) is 24.3 Å². The van der Waals surface area contributed by atoms with Crippen LogP contribution in [0.4, 0.5) is 8.78 Å². The highest BCUT2D eigenvalue weighted by Crippen LogP contribution is 2.17. The van der Waals surface area contributed by atoms with Gasteiger partial charge < -0.3 is 10.6 Å². The molecule has 2 aromatic carbocycles. The molecular weight excluding hydrogens is 404 g/mol. The molecule has 0 aliphatic carbocycles. The maximum absolute atomic E-state index is 13.9. The predicted octanol–water partition coefficient (Wildman–Crippen LogP) is 3.18. The number of hydrogen-bond acceptors (Lipinski definition) is 4. The van der Waals surface area contributed by atoms with Crippen molar-refractivity contribution in [2.24, 2.45) is 5.92 Å². The summed E-state index contributed by atoms with van der Waals surface area (Å²) in [6, 6.07) is 9.21. The Morgan fingerprint density at radius 2 is 1.61 bits per heavy atom. The summed E-state index contributed by atoms with van der Waals surface area (Å²) in [5, 5.41) is 9.35. The van der Waals surface area contributed by atoms with Crippen molar-refractivity contribution in [1.82, 2.24) is 25.4 Å². The minimum Gasteiger partial charge on any atom is -0.348 e. The molecule has 9 heteroatoms. The fraction of sp³-hybridized carbons (Fsp3) is 0.273. The zero-order chi connectivity index (χ0) is 22.5. The van der Waals surface area contributed by atoms with E-state index in [1.54, 1.807) is 31.8 Å². The molecule has 31 heavy (non-hydrogen) atoms. The molecule has 162 valence electrons. The number of nitrogens with one attached hydrogen (secondary N) is 2. The minimum absolute atomic E-state index is 0.305. The second kappa shape index (κ2) is 9.46. The van der Waals surface area contributed by atoms with Crippen molar-refractivity contribution in [2.45, 2.75) is 32.9 Å². The topological polar surface area (TPSA) is 88.9 Å². The van der Waals surface area contributed by atoms with Gasteiger partial charge in [0.05, 0.1) is 11.7 Å². The molecule has 0 unspecified atom stereocenters. The zero-order valence-electron chi connectivity index (χ0n) is 17.3. The van der Waals surface area contributed by atoms with Gasteiger partial charge in [-0.1, -0.05) is 32.0 Å². The first-order valence-electron chi connectivity index (χ1n) is 9.78. The van der Waals surface area contributed by atoms with Crippen LogP contribution >= 0.6 is 0 Å². The number of hydrogen-bond donors (Lipinski definition) is 2. The van der Waals surface area contributed by atoms with Crippen LogP contribution in [-0.4, -0.2) is 32.6 Å². The van der Waals surface area contributed by atoms with Gasteiger partial charge >= 0.3 is 0 Å². The molecule has 3 aromatic rings. The lowest BCUT2D eigenvalue weighted by Crippen LogP contribution is -2.50. The number of nitrogens with zero attached hydrogens (tertiary/aromatic N) is 3. The van der Waals surface area contributed by atoms with E-state index in [0.717, 1.165) is 23.4 Å². The lowest BCUT2D eigenvalue weighted by atomic mass is 10.0. The van der Waals surface area contributed by atoms with Crippen LogP contribution < -0.4 is 10.6 Å². The molecule has 0 radical (unpaired) electrons. The second-order valence-electron chi connectivity index (χ2n) is 7.45. The second-order valence-corrected chi connectivity index (χ2v) is 7.45. The Kier molecular flexibility index (Phi) is 6.74. The van der Waals surface area contributed by atoms with Crippen LogP contribution in [0.15, 0.2) is 55.1 Å². The fourth-order valence-electron chi connectivity index (χ4n) is 3.11. The number of aromatic nitrogens is 3. The molecule has 1 heterocycles. The van der Waals surface area contributed by atoms with Crippen molar-refractivity contribution in [3.63, 3.8) is 0 Å². The number of rotatable bonds is 7. The number of carbonyl (C=O) groups excluding carboxylic acids is 2. The van der Waals surface area contributed by atoms with Crippen molar-refractivity contribution in [2.75, 3.05) is 0 Å². The number of benzene rings is 2. The fourth-order valence-corrected chi connectivity index (χ4v) is 3.11. The summed E-state index contributed by atoms with van der Waals surface area (Å²) >= 11 is 0. The summed E-state index contributed by atoms with van der Waals surface area (Å²) < 4.78 is 29.4. The van der Waals surface area contributed by atoms with Gasteiger partial charge in [-0.05, 0) is 42.7 Å². The van der Waals surface area contributed by atoms with Crippen LogP contribution in [0.2, 0.25) is 0 Å². The lowest BCUT2D eigenvalue weighted by molar-refractivity contribution is -0.124. The summed E-state index contributed by atoms with van der Waals surface area (Å²) in [5.74, 6) is -3.70. The van der Waals surface area contributed by atoms with E-state index in [0.29, 0.717) is 0 Å². The van der Waals surface area contributed by atoms with Gasteiger partial charge in [0.25, 0.3) is 5.91 Å². The SMILES string of the molecule is CC(C)[C@H](NC(=O)c1c(F)cccc1F)C(=O)N[C@@H](C)c1ccc(-n2cncn2)cc1. The van der Waals surface area contributed by atoms with E-state index >= 15 is 0 Å². The summed E-state index contributed by atoms with van der Waals surface area (Å²) in [6.07, 6.45) is 3.01. The Hall–Kier alpha value is -3.62. The Bertz CT molecular complexity index is 1030. The van der Waals surface area contributed by atoms with Gasteiger partial charge in [-0.15, -0.1) is 0 Å². The first-order chi connectivity index (χ1) is 14.8. The zero-order valence-corrected chi connectivity index (χ0v) is 17.3. The largest absolute Gasteiger partial charge is 0.348 e. The summed E-state index contributed by atoms with van der Waals surface area (Å²) in [4.78, 5) is 29.2. The van der Waals surface area contributed by atoms with Crippen LogP contribution in [0.25, 0.3) is 5.69 Å². The standard InChI is InChI=1S/C22H23F2N5O2/c1-13(2)20(28-21(30)19-17(23)5-4-6-18(19)24)22(31)27-14(3)15-7-9-16(10-8-15)29-12-25-11-26-29/h4-14,20H,1-3H3,(H,27,31)(H,28,30)/t14-,20-/m0/s1. The highest BCUT2D eigenvalue weighted by molar-refractivity contribution is 5.98. The van der Waals surface area contributed by atoms with Crippen LogP contribution in [-0.2, 0) is 4.79 Å². The molecule has 0 saturated heterocycles. The Labute approximate surface area is 178 Å². The molecule has 3 rings (SSSR count). The number of amides is 2. The van der Waals surface area contributed by atoms with Gasteiger partial charge in [0.1, 0.15) is 35.9 Å². The molecule has 2 amide bonds. The van der Waals surface area contributed by atoms with Crippen molar-refractivity contribution >= 4 is 11.8 Å². The first kappa shape index (κ1) is 22.1. The van der Waals surface area contributed by atoms with Crippen molar-refractivity contribution in [1.29, 1.82) is 0 Å². The van der Waals surface area contributed by atoms with Crippen molar-refractivity contribution in [3.05, 3.63) is 77.9 Å². The van der Waals surface area contributed by atoms with Gasteiger partial charge in [0, 0.05) is 0 Å². The molecule has 2 atom stereocenters. The van der Waals surface area contributed by atoms with Gasteiger partial charge in [-0.25, -0.2) is 18.4 Å². The number of halogens is 2. The average Bonchev–Trinajstić information content (AvgIpc) is 3.26. The maximum Gasteiger partial charge on any atom is 0.257 e. The third kappa shape index (κ3) is 5.11. The van der Waals surface area contributed by atoms with Crippen molar-refractivity contribution in [3.8, 4) is 5.69 Å². The minimum atomic E-state index is -0.985. The summed E-state index contributed by atoms with van der Waals surface area (Å²) in [6.45, 7) is 5.28. The molecule has 0 bridgehead atoms. The van der Waals surface area contributed by atoms with E-state index in [-0.39, 0.29) is 12.0 Å². The Morgan fingerprint density at radius 3 is 2.16 bits per heavy atom. The highest BCUT2D eigenvalue weighted by atomic mass is 19.1. The summed E-state index contributed by atoms with van der Waals surface area (Å²) in [5.41, 5.74) is 0.947. The van der Waals surface area contributed by atoms with E-state index in [1.165, 1.54) is 12.4 Å². The monoisotopic (exact) mass is 427 g/mol. The average molecular weight is 427 g/mol. The molecule has 0 aliphatic heterocycles. The first-order valence-corrected chi connectivity index (χ1v) is 9.78. The molecule has 0 fully saturated rings. The normalized spacial score (nSPS) is 13.0.